The highest BCUT2D eigenvalue weighted by Gasteiger charge is 2.31. The predicted molar refractivity (Wildman–Crippen MR) is 96.7 cm³/mol. The molecule has 0 aromatic carbocycles. The van der Waals surface area contributed by atoms with E-state index >= 15 is 0 Å². The zero-order valence-corrected chi connectivity index (χ0v) is 16.3. The predicted octanol–water partition coefficient (Wildman–Crippen LogP) is 1.14. The van der Waals surface area contributed by atoms with Crippen LogP contribution in [0.2, 0.25) is 0 Å². The van der Waals surface area contributed by atoms with E-state index in [-0.39, 0.29) is 29.9 Å². The highest BCUT2D eigenvalue weighted by Crippen LogP contribution is 2.29. The Balaban J connectivity index is 2.10. The molecule has 2 aromatic heterocycles. The molecule has 0 aliphatic carbocycles. The normalized spacial score (nSPS) is 14.9. The van der Waals surface area contributed by atoms with Gasteiger partial charge in [-0.1, -0.05) is 0 Å². The van der Waals surface area contributed by atoms with E-state index < -0.39 is 42.7 Å². The Labute approximate surface area is 165 Å². The Bertz CT molecular complexity index is 1090. The summed E-state index contributed by atoms with van der Waals surface area (Å²) in [6.07, 6.45) is -4.85. The quantitative estimate of drug-likeness (QED) is 0.687. The lowest BCUT2D eigenvalue weighted by Crippen LogP contribution is -2.40. The number of thiophene rings is 1. The van der Waals surface area contributed by atoms with Crippen molar-refractivity contribution in [3.8, 4) is 0 Å². The Morgan fingerprint density at radius 2 is 1.86 bits per heavy atom. The third kappa shape index (κ3) is 3.92. The van der Waals surface area contributed by atoms with Gasteiger partial charge in [-0.3, -0.25) is 28.4 Å². The molecule has 0 bridgehead atoms. The minimum Gasteiger partial charge on any atom is -0.329 e. The molecular weight excluding hydrogens is 417 g/mol. The van der Waals surface area contributed by atoms with Gasteiger partial charge in [0.25, 0.3) is 5.56 Å². The highest BCUT2D eigenvalue weighted by atomic mass is 32.1. The number of urea groups is 1. The van der Waals surface area contributed by atoms with Crippen LogP contribution in [0.1, 0.15) is 17.4 Å². The fourth-order valence-electron chi connectivity index (χ4n) is 3.08. The topological polar surface area (TPSA) is 103 Å². The number of fused-ring (bicyclic) bond motifs is 1. The molecule has 3 rings (SSSR count). The van der Waals surface area contributed by atoms with Crippen LogP contribution >= 0.6 is 11.3 Å². The van der Waals surface area contributed by atoms with Crippen molar-refractivity contribution in [3.63, 3.8) is 0 Å². The number of nitrogens with one attached hydrogen (secondary N) is 1. The van der Waals surface area contributed by atoms with Crippen molar-refractivity contribution >= 4 is 33.5 Å². The van der Waals surface area contributed by atoms with Crippen molar-refractivity contribution in [3.05, 3.63) is 31.3 Å². The number of amides is 3. The number of imide groups is 1. The van der Waals surface area contributed by atoms with Crippen molar-refractivity contribution < 1.29 is 27.5 Å². The number of halogens is 3. The lowest BCUT2D eigenvalue weighted by atomic mass is 10.2. The molecule has 0 atom stereocenters. The molecule has 1 N–H and O–H groups in total. The van der Waals surface area contributed by atoms with Gasteiger partial charge in [0.1, 0.15) is 4.83 Å². The smallest absolute Gasteiger partial charge is 0.329 e. The van der Waals surface area contributed by atoms with Gasteiger partial charge >= 0.3 is 18.1 Å². The van der Waals surface area contributed by atoms with E-state index in [1.807, 2.05) is 0 Å². The molecule has 2 aromatic rings. The second kappa shape index (κ2) is 7.63. The summed E-state index contributed by atoms with van der Waals surface area (Å²) in [5.41, 5.74) is -0.855. The molecule has 0 radical (unpaired) electrons. The first-order valence-electron chi connectivity index (χ1n) is 8.59. The van der Waals surface area contributed by atoms with Gasteiger partial charge in [-0.05, 0) is 19.4 Å². The molecule has 9 nitrogen and oxygen atoms in total. The van der Waals surface area contributed by atoms with Crippen molar-refractivity contribution in [2.75, 3.05) is 13.2 Å². The van der Waals surface area contributed by atoms with E-state index in [0.29, 0.717) is 10.4 Å². The molecule has 13 heteroatoms. The lowest BCUT2D eigenvalue weighted by Gasteiger charge is -2.12. The Hall–Kier alpha value is -2.67. The average Bonchev–Trinajstić information content (AvgIpc) is 3.12. The van der Waals surface area contributed by atoms with Crippen LogP contribution in [0.5, 0.6) is 0 Å². The van der Waals surface area contributed by atoms with Crippen LogP contribution in [-0.2, 0) is 29.2 Å². The molecule has 29 heavy (non-hydrogen) atoms. The van der Waals surface area contributed by atoms with Gasteiger partial charge in [-0.2, -0.15) is 0 Å². The number of ether oxygens (including phenoxy) is 1. The first-order valence-corrected chi connectivity index (χ1v) is 9.41. The standard InChI is InChI=1S/C16H17F3N4O5S/c1-3-21-12(25)11-8(2)9(7-23-10(24)6-20-14(23)26)29-13(11)22(15(21)27)4-5-28-16(17,18)19/h3-7H2,1-2H3,(H,20,26). The van der Waals surface area contributed by atoms with Crippen LogP contribution in [0, 0.1) is 6.92 Å². The minimum atomic E-state index is -4.85. The van der Waals surface area contributed by atoms with Gasteiger partial charge in [0, 0.05) is 11.4 Å². The van der Waals surface area contributed by atoms with Gasteiger partial charge in [-0.25, -0.2) is 9.59 Å². The first-order chi connectivity index (χ1) is 13.5. The number of hydrogen-bond donors (Lipinski definition) is 1. The van der Waals surface area contributed by atoms with Crippen molar-refractivity contribution in [2.45, 2.75) is 39.8 Å². The van der Waals surface area contributed by atoms with Gasteiger partial charge in [-0.15, -0.1) is 24.5 Å². The van der Waals surface area contributed by atoms with Crippen molar-refractivity contribution in [1.82, 2.24) is 19.4 Å². The zero-order chi connectivity index (χ0) is 21.5. The highest BCUT2D eigenvalue weighted by molar-refractivity contribution is 7.18. The molecule has 0 unspecified atom stereocenters. The molecular formula is C16H17F3N4O5S. The van der Waals surface area contributed by atoms with E-state index in [2.05, 4.69) is 10.1 Å². The number of carbonyl (C=O) groups is 2. The largest absolute Gasteiger partial charge is 0.522 e. The van der Waals surface area contributed by atoms with E-state index in [4.69, 9.17) is 0 Å². The third-order valence-corrected chi connectivity index (χ3v) is 5.83. The second-order valence-corrected chi connectivity index (χ2v) is 7.33. The Morgan fingerprint density at radius 3 is 2.41 bits per heavy atom. The zero-order valence-electron chi connectivity index (χ0n) is 15.5. The lowest BCUT2D eigenvalue weighted by molar-refractivity contribution is -0.325. The van der Waals surface area contributed by atoms with Crippen LogP contribution in [0.3, 0.4) is 0 Å². The summed E-state index contributed by atoms with van der Waals surface area (Å²) in [6.45, 7) is 1.75. The second-order valence-electron chi connectivity index (χ2n) is 6.25. The number of carbonyl (C=O) groups excluding carboxylic acids is 2. The number of aromatic nitrogens is 2. The van der Waals surface area contributed by atoms with E-state index in [0.717, 1.165) is 25.4 Å². The summed E-state index contributed by atoms with van der Waals surface area (Å²) in [7, 11) is 0. The van der Waals surface area contributed by atoms with Crippen LogP contribution in [0.25, 0.3) is 10.2 Å². The van der Waals surface area contributed by atoms with E-state index in [9.17, 15) is 32.3 Å². The van der Waals surface area contributed by atoms with Crippen molar-refractivity contribution in [1.29, 1.82) is 0 Å². The van der Waals surface area contributed by atoms with Crippen LogP contribution < -0.4 is 16.6 Å². The summed E-state index contributed by atoms with van der Waals surface area (Å²) in [5, 5.41) is 2.55. The number of alkyl halides is 3. The Kier molecular flexibility index (Phi) is 5.54. The molecule has 1 saturated heterocycles. The maximum Gasteiger partial charge on any atom is 0.522 e. The number of rotatable bonds is 6. The molecule has 1 aliphatic rings. The van der Waals surface area contributed by atoms with Crippen molar-refractivity contribution in [2.24, 2.45) is 0 Å². The molecule has 1 fully saturated rings. The minimum absolute atomic E-state index is 0.0331. The maximum absolute atomic E-state index is 12.8. The third-order valence-electron chi connectivity index (χ3n) is 4.53. The number of hydrogen-bond acceptors (Lipinski definition) is 6. The molecule has 3 amide bonds. The first kappa shape index (κ1) is 21.0. The monoisotopic (exact) mass is 434 g/mol. The van der Waals surface area contributed by atoms with Crippen LogP contribution in [0.15, 0.2) is 9.59 Å². The average molecular weight is 434 g/mol. The number of aryl methyl sites for hydroxylation is 1. The fraction of sp³-hybridized carbons (Fsp3) is 0.500. The number of nitrogens with zero attached hydrogens (tertiary/aromatic N) is 3. The maximum atomic E-state index is 12.8. The Morgan fingerprint density at radius 1 is 1.17 bits per heavy atom. The van der Waals surface area contributed by atoms with E-state index in [1.165, 1.54) is 0 Å². The summed E-state index contributed by atoms with van der Waals surface area (Å²) >= 11 is 0.986. The molecule has 158 valence electrons. The van der Waals surface area contributed by atoms with Gasteiger partial charge in [0.2, 0.25) is 5.91 Å². The molecule has 0 spiro atoms. The molecule has 1 aliphatic heterocycles. The summed E-state index contributed by atoms with van der Waals surface area (Å²) in [5.74, 6) is -0.436. The van der Waals surface area contributed by atoms with Gasteiger partial charge in [0.15, 0.2) is 0 Å². The van der Waals surface area contributed by atoms with Gasteiger partial charge in [0.05, 0.1) is 31.6 Å². The van der Waals surface area contributed by atoms with Gasteiger partial charge < -0.3 is 5.32 Å². The molecule has 0 saturated carbocycles. The van der Waals surface area contributed by atoms with Crippen LogP contribution in [0.4, 0.5) is 18.0 Å². The fourth-order valence-corrected chi connectivity index (χ4v) is 4.38. The molecule has 3 heterocycles. The van der Waals surface area contributed by atoms with Crippen LogP contribution in [-0.4, -0.2) is 45.5 Å². The SMILES string of the molecule is CCn1c(=O)c2c(C)c(CN3C(=O)CNC3=O)sc2n(CCOC(F)(F)F)c1=O. The summed E-state index contributed by atoms with van der Waals surface area (Å²) in [4.78, 5) is 50.7. The summed E-state index contributed by atoms with van der Waals surface area (Å²) in [6, 6.07) is -0.575. The summed E-state index contributed by atoms with van der Waals surface area (Å²) < 4.78 is 42.7. The van der Waals surface area contributed by atoms with E-state index in [1.54, 1.807) is 13.8 Å².